The molecule has 0 bridgehead atoms. The molecule has 2 aromatic heterocycles. The Morgan fingerprint density at radius 3 is 2.83 bits per heavy atom. The van der Waals surface area contributed by atoms with Crippen molar-refractivity contribution in [2.75, 3.05) is 11.9 Å². The van der Waals surface area contributed by atoms with Crippen molar-refractivity contribution in [1.82, 2.24) is 9.97 Å². The highest BCUT2D eigenvalue weighted by Gasteiger charge is 2.19. The van der Waals surface area contributed by atoms with Crippen LogP contribution in [0, 0.1) is 10.1 Å². The largest absolute Gasteiger partial charge is 0.487 e. The van der Waals surface area contributed by atoms with Gasteiger partial charge in [0.15, 0.2) is 11.3 Å². The zero-order valence-electron chi connectivity index (χ0n) is 15.9. The van der Waals surface area contributed by atoms with Crippen molar-refractivity contribution >= 4 is 28.4 Å². The summed E-state index contributed by atoms with van der Waals surface area (Å²) in [5, 5.41) is 14.0. The van der Waals surface area contributed by atoms with Crippen molar-refractivity contribution in [3.8, 4) is 17.2 Å². The summed E-state index contributed by atoms with van der Waals surface area (Å²) in [5.41, 5.74) is 2.21. The number of aromatic nitrogens is 2. The fourth-order valence-corrected chi connectivity index (χ4v) is 2.90. The Morgan fingerprint density at radius 2 is 2.10 bits per heavy atom. The summed E-state index contributed by atoms with van der Waals surface area (Å²) in [5.74, 6) is 0.0474. The van der Waals surface area contributed by atoms with E-state index in [9.17, 15) is 14.9 Å². The Bertz CT molecular complexity index is 1240. The second-order valence-electron chi connectivity index (χ2n) is 6.27. The van der Waals surface area contributed by atoms with Gasteiger partial charge in [0.1, 0.15) is 5.52 Å². The van der Waals surface area contributed by atoms with E-state index in [0.29, 0.717) is 22.7 Å². The molecule has 9 heteroatoms. The summed E-state index contributed by atoms with van der Waals surface area (Å²) < 4.78 is 11.0. The number of nitrogens with one attached hydrogen (secondary N) is 1. The summed E-state index contributed by atoms with van der Waals surface area (Å²) in [6.45, 7) is 2.01. The number of fused-ring (bicyclic) bond motifs is 1. The van der Waals surface area contributed by atoms with Gasteiger partial charge in [0.2, 0.25) is 5.89 Å². The summed E-state index contributed by atoms with van der Waals surface area (Å²) in [6, 6.07) is 12.7. The van der Waals surface area contributed by atoms with Crippen molar-refractivity contribution in [2.45, 2.75) is 6.92 Å². The molecule has 1 N–H and O–H groups in total. The van der Waals surface area contributed by atoms with Gasteiger partial charge in [-0.3, -0.25) is 19.9 Å². The van der Waals surface area contributed by atoms with Gasteiger partial charge >= 0.3 is 5.69 Å². The number of hydrogen-bond donors (Lipinski definition) is 1. The van der Waals surface area contributed by atoms with Crippen molar-refractivity contribution in [1.29, 1.82) is 0 Å². The third kappa shape index (κ3) is 3.81. The maximum absolute atomic E-state index is 12.6. The molecule has 0 saturated carbocycles. The SMILES string of the molecule is CCOc1ccc(C(=O)Nc2ccc3oc(-c4cccnc4)nc3c2)cc1[N+](=O)[O-]. The molecule has 0 fully saturated rings. The number of hydrogen-bond acceptors (Lipinski definition) is 7. The molecular weight excluding hydrogens is 388 g/mol. The first-order valence-electron chi connectivity index (χ1n) is 9.08. The molecule has 2 aromatic carbocycles. The molecule has 1 amide bonds. The number of nitrogens with zero attached hydrogens (tertiary/aromatic N) is 3. The molecule has 9 nitrogen and oxygen atoms in total. The van der Waals surface area contributed by atoms with E-state index in [2.05, 4.69) is 15.3 Å². The smallest absolute Gasteiger partial charge is 0.311 e. The number of pyridine rings is 1. The predicted molar refractivity (Wildman–Crippen MR) is 109 cm³/mol. The Kier molecular flexibility index (Phi) is 5.08. The van der Waals surface area contributed by atoms with Gasteiger partial charge in [-0.15, -0.1) is 0 Å². The molecule has 0 aliphatic carbocycles. The van der Waals surface area contributed by atoms with Gasteiger partial charge in [0, 0.05) is 29.7 Å². The van der Waals surface area contributed by atoms with Crippen LogP contribution in [0.4, 0.5) is 11.4 Å². The van der Waals surface area contributed by atoms with E-state index in [1.165, 1.54) is 18.2 Å². The van der Waals surface area contributed by atoms with Crippen LogP contribution in [-0.4, -0.2) is 27.4 Å². The molecule has 150 valence electrons. The number of carbonyl (C=O) groups is 1. The van der Waals surface area contributed by atoms with Crippen LogP contribution in [0.5, 0.6) is 5.75 Å². The van der Waals surface area contributed by atoms with Gasteiger partial charge in [-0.05, 0) is 49.4 Å². The van der Waals surface area contributed by atoms with Gasteiger partial charge in [-0.25, -0.2) is 4.98 Å². The van der Waals surface area contributed by atoms with Gasteiger partial charge < -0.3 is 14.5 Å². The third-order valence-electron chi connectivity index (χ3n) is 4.27. The van der Waals surface area contributed by atoms with E-state index in [0.717, 1.165) is 5.56 Å². The number of benzene rings is 2. The third-order valence-corrected chi connectivity index (χ3v) is 4.27. The van der Waals surface area contributed by atoms with Crippen molar-refractivity contribution in [3.63, 3.8) is 0 Å². The molecule has 0 unspecified atom stereocenters. The first-order chi connectivity index (χ1) is 14.5. The number of amides is 1. The van der Waals surface area contributed by atoms with E-state index in [-0.39, 0.29) is 23.6 Å². The van der Waals surface area contributed by atoms with Crippen LogP contribution >= 0.6 is 0 Å². The Hall–Kier alpha value is -4.27. The van der Waals surface area contributed by atoms with Crippen LogP contribution in [0.3, 0.4) is 0 Å². The average molecular weight is 404 g/mol. The molecule has 0 atom stereocenters. The fourth-order valence-electron chi connectivity index (χ4n) is 2.90. The number of ether oxygens (including phenoxy) is 1. The highest BCUT2D eigenvalue weighted by atomic mass is 16.6. The summed E-state index contributed by atoms with van der Waals surface area (Å²) in [6.07, 6.45) is 3.30. The Morgan fingerprint density at radius 1 is 1.23 bits per heavy atom. The Labute approximate surface area is 170 Å². The first kappa shape index (κ1) is 19.1. The first-order valence-corrected chi connectivity index (χ1v) is 9.08. The van der Waals surface area contributed by atoms with Crippen molar-refractivity contribution < 1.29 is 18.9 Å². The number of anilines is 1. The van der Waals surface area contributed by atoms with Gasteiger partial charge in [0.25, 0.3) is 5.91 Å². The molecule has 0 aliphatic rings. The molecule has 4 rings (SSSR count). The lowest BCUT2D eigenvalue weighted by Crippen LogP contribution is -2.12. The molecule has 2 heterocycles. The van der Waals surface area contributed by atoms with Gasteiger partial charge in [-0.2, -0.15) is 0 Å². The number of oxazole rings is 1. The quantitative estimate of drug-likeness (QED) is 0.372. The van der Waals surface area contributed by atoms with E-state index in [4.69, 9.17) is 9.15 Å². The maximum atomic E-state index is 12.6. The Balaban J connectivity index is 1.58. The number of rotatable bonds is 6. The van der Waals surface area contributed by atoms with Crippen molar-refractivity contribution in [3.05, 3.63) is 76.6 Å². The van der Waals surface area contributed by atoms with E-state index in [1.54, 1.807) is 43.6 Å². The van der Waals surface area contributed by atoms with Crippen molar-refractivity contribution in [2.24, 2.45) is 0 Å². The number of nitro groups is 1. The van der Waals surface area contributed by atoms with Crippen LogP contribution in [-0.2, 0) is 0 Å². The monoisotopic (exact) mass is 404 g/mol. The van der Waals surface area contributed by atoms with Gasteiger partial charge in [-0.1, -0.05) is 0 Å². The predicted octanol–water partition coefficient (Wildman–Crippen LogP) is 4.45. The van der Waals surface area contributed by atoms with Crippen LogP contribution in [0.15, 0.2) is 65.3 Å². The molecule has 0 radical (unpaired) electrons. The lowest BCUT2D eigenvalue weighted by molar-refractivity contribution is -0.385. The van der Waals surface area contributed by atoms with Crippen LogP contribution in [0.2, 0.25) is 0 Å². The minimum Gasteiger partial charge on any atom is -0.487 e. The lowest BCUT2D eigenvalue weighted by atomic mass is 10.1. The zero-order chi connectivity index (χ0) is 21.1. The molecular formula is C21H16N4O5. The average Bonchev–Trinajstić information content (AvgIpc) is 3.18. The molecule has 4 aromatic rings. The highest BCUT2D eigenvalue weighted by Crippen LogP contribution is 2.29. The standard InChI is InChI=1S/C21H16N4O5/c1-2-29-19-7-5-13(10-17(19)25(27)28)20(26)23-15-6-8-18-16(11-15)24-21(30-18)14-4-3-9-22-12-14/h3-12H,2H2,1H3,(H,23,26). The topological polar surface area (TPSA) is 120 Å². The second-order valence-corrected chi connectivity index (χ2v) is 6.27. The summed E-state index contributed by atoms with van der Waals surface area (Å²) in [4.78, 5) is 31.8. The number of carbonyl (C=O) groups excluding carboxylic acids is 1. The van der Waals surface area contributed by atoms with Crippen LogP contribution < -0.4 is 10.1 Å². The number of nitro benzene ring substituents is 1. The highest BCUT2D eigenvalue weighted by molar-refractivity contribution is 6.05. The summed E-state index contributed by atoms with van der Waals surface area (Å²) in [7, 11) is 0. The fraction of sp³-hybridized carbons (Fsp3) is 0.0952. The van der Waals surface area contributed by atoms with Gasteiger partial charge in [0.05, 0.1) is 17.1 Å². The summed E-state index contributed by atoms with van der Waals surface area (Å²) >= 11 is 0. The van der Waals surface area contributed by atoms with E-state index >= 15 is 0 Å². The lowest BCUT2D eigenvalue weighted by Gasteiger charge is -2.07. The zero-order valence-corrected chi connectivity index (χ0v) is 15.9. The van der Waals surface area contributed by atoms with Crippen LogP contribution in [0.1, 0.15) is 17.3 Å². The second kappa shape index (κ2) is 8.00. The normalized spacial score (nSPS) is 10.7. The molecule has 30 heavy (non-hydrogen) atoms. The van der Waals surface area contributed by atoms with Crippen LogP contribution in [0.25, 0.3) is 22.6 Å². The maximum Gasteiger partial charge on any atom is 0.311 e. The minimum absolute atomic E-state index is 0.117. The van der Waals surface area contributed by atoms with E-state index in [1.807, 2.05) is 6.07 Å². The minimum atomic E-state index is -0.580. The molecule has 0 saturated heterocycles. The molecule has 0 aliphatic heterocycles. The molecule has 0 spiro atoms. The van der Waals surface area contributed by atoms with E-state index < -0.39 is 10.8 Å².